The highest BCUT2D eigenvalue weighted by molar-refractivity contribution is 8.00. The smallest absolute Gasteiger partial charge is 0.138 e. The topological polar surface area (TPSA) is 50.9 Å². The molecule has 2 unspecified atom stereocenters. The molecule has 0 spiro atoms. The lowest BCUT2D eigenvalue weighted by atomic mass is 10.1. The highest BCUT2D eigenvalue weighted by atomic mass is 32.2. The molecule has 5 heteroatoms. The third-order valence-corrected chi connectivity index (χ3v) is 4.09. The number of hydrogen-bond acceptors (Lipinski definition) is 4. The first-order chi connectivity index (χ1) is 6.77. The first-order valence-corrected chi connectivity index (χ1v) is 5.95. The van der Waals surface area contributed by atoms with Gasteiger partial charge < -0.3 is 5.11 Å². The van der Waals surface area contributed by atoms with Crippen LogP contribution in [0.2, 0.25) is 0 Å². The minimum atomic E-state index is -0.273. The molecule has 1 fully saturated rings. The van der Waals surface area contributed by atoms with Gasteiger partial charge in [0.05, 0.1) is 6.10 Å². The van der Waals surface area contributed by atoms with Crippen molar-refractivity contribution in [3.63, 3.8) is 0 Å². The van der Waals surface area contributed by atoms with Crippen molar-refractivity contribution in [2.24, 2.45) is 7.05 Å². The molecule has 0 amide bonds. The Morgan fingerprint density at radius 1 is 1.79 bits per heavy atom. The van der Waals surface area contributed by atoms with Gasteiger partial charge in [0.2, 0.25) is 0 Å². The van der Waals surface area contributed by atoms with Gasteiger partial charge >= 0.3 is 0 Å². The van der Waals surface area contributed by atoms with Gasteiger partial charge in [0.1, 0.15) is 12.2 Å². The lowest BCUT2D eigenvalue weighted by Gasteiger charge is -2.15. The summed E-state index contributed by atoms with van der Waals surface area (Å²) < 4.78 is 1.73. The second-order valence-electron chi connectivity index (χ2n) is 3.62. The van der Waals surface area contributed by atoms with E-state index in [4.69, 9.17) is 0 Å². The fourth-order valence-corrected chi connectivity index (χ4v) is 3.02. The third-order valence-electron chi connectivity index (χ3n) is 2.59. The largest absolute Gasteiger partial charge is 0.392 e. The summed E-state index contributed by atoms with van der Waals surface area (Å²) in [6.45, 7) is 0. The van der Waals surface area contributed by atoms with Crippen molar-refractivity contribution in [2.75, 3.05) is 5.75 Å². The van der Waals surface area contributed by atoms with Crippen molar-refractivity contribution >= 4 is 11.8 Å². The van der Waals surface area contributed by atoms with Crippen molar-refractivity contribution < 1.29 is 5.11 Å². The van der Waals surface area contributed by atoms with Crippen molar-refractivity contribution in [3.8, 4) is 0 Å². The fourth-order valence-electron chi connectivity index (χ4n) is 1.73. The SMILES string of the molecule is Cn1ncnc1CC(O)C1CCCS1. The van der Waals surface area contributed by atoms with Gasteiger partial charge in [0, 0.05) is 18.7 Å². The molecule has 1 aliphatic rings. The number of aliphatic hydroxyl groups excluding tert-OH is 1. The van der Waals surface area contributed by atoms with Crippen LogP contribution in [0.25, 0.3) is 0 Å². The molecule has 0 aromatic carbocycles. The van der Waals surface area contributed by atoms with Gasteiger partial charge in [-0.25, -0.2) is 4.98 Å². The van der Waals surface area contributed by atoms with E-state index in [1.807, 2.05) is 18.8 Å². The van der Waals surface area contributed by atoms with E-state index < -0.39 is 0 Å². The highest BCUT2D eigenvalue weighted by Gasteiger charge is 2.24. The molecule has 1 aromatic rings. The van der Waals surface area contributed by atoms with Gasteiger partial charge in [0.25, 0.3) is 0 Å². The zero-order chi connectivity index (χ0) is 9.97. The van der Waals surface area contributed by atoms with E-state index in [1.165, 1.54) is 18.5 Å². The number of aromatic nitrogens is 3. The number of hydrogen-bond donors (Lipinski definition) is 1. The van der Waals surface area contributed by atoms with Gasteiger partial charge in [-0.05, 0) is 18.6 Å². The molecular formula is C9H15N3OS. The molecule has 2 atom stereocenters. The summed E-state index contributed by atoms with van der Waals surface area (Å²) in [5.74, 6) is 2.05. The monoisotopic (exact) mass is 213 g/mol. The minimum Gasteiger partial charge on any atom is -0.392 e. The number of nitrogens with zero attached hydrogens (tertiary/aromatic N) is 3. The average molecular weight is 213 g/mol. The van der Waals surface area contributed by atoms with Gasteiger partial charge in [0.15, 0.2) is 0 Å². The second kappa shape index (κ2) is 4.31. The van der Waals surface area contributed by atoms with Crippen LogP contribution in [-0.2, 0) is 13.5 Å². The predicted molar refractivity (Wildman–Crippen MR) is 56.2 cm³/mol. The minimum absolute atomic E-state index is 0.273. The molecule has 1 N–H and O–H groups in total. The molecule has 1 aromatic heterocycles. The van der Waals surface area contributed by atoms with Gasteiger partial charge in [-0.1, -0.05) is 0 Å². The Labute approximate surface area is 87.7 Å². The quantitative estimate of drug-likeness (QED) is 0.799. The Kier molecular flexibility index (Phi) is 3.08. The van der Waals surface area contributed by atoms with E-state index >= 15 is 0 Å². The second-order valence-corrected chi connectivity index (χ2v) is 4.97. The molecule has 0 radical (unpaired) electrons. The Morgan fingerprint density at radius 2 is 2.64 bits per heavy atom. The van der Waals surface area contributed by atoms with Crippen molar-refractivity contribution in [3.05, 3.63) is 12.2 Å². The summed E-state index contributed by atoms with van der Waals surface area (Å²) in [4.78, 5) is 4.11. The fraction of sp³-hybridized carbons (Fsp3) is 0.778. The van der Waals surface area contributed by atoms with Crippen LogP contribution in [0.15, 0.2) is 6.33 Å². The van der Waals surface area contributed by atoms with Crippen LogP contribution >= 0.6 is 11.8 Å². The van der Waals surface area contributed by atoms with Crippen LogP contribution in [-0.4, -0.2) is 37.0 Å². The number of aryl methyl sites for hydroxylation is 1. The molecular weight excluding hydrogens is 198 g/mol. The molecule has 14 heavy (non-hydrogen) atoms. The molecule has 0 bridgehead atoms. The number of aliphatic hydroxyl groups is 1. The van der Waals surface area contributed by atoms with Crippen molar-refractivity contribution in [1.82, 2.24) is 14.8 Å². The Morgan fingerprint density at radius 3 is 3.21 bits per heavy atom. The Bertz CT molecular complexity index is 296. The number of thioether (sulfide) groups is 1. The van der Waals surface area contributed by atoms with Crippen molar-refractivity contribution in [2.45, 2.75) is 30.6 Å². The molecule has 1 saturated heterocycles. The van der Waals surface area contributed by atoms with E-state index in [2.05, 4.69) is 10.1 Å². The van der Waals surface area contributed by atoms with Crippen LogP contribution < -0.4 is 0 Å². The van der Waals surface area contributed by atoms with E-state index in [9.17, 15) is 5.11 Å². The predicted octanol–water partition coefficient (Wildman–Crippen LogP) is 0.614. The zero-order valence-electron chi connectivity index (χ0n) is 8.26. The molecule has 78 valence electrons. The van der Waals surface area contributed by atoms with Crippen LogP contribution in [0, 0.1) is 0 Å². The zero-order valence-corrected chi connectivity index (χ0v) is 9.07. The average Bonchev–Trinajstić information content (AvgIpc) is 2.77. The van der Waals surface area contributed by atoms with Crippen LogP contribution in [0.3, 0.4) is 0 Å². The summed E-state index contributed by atoms with van der Waals surface area (Å²) in [5, 5.41) is 14.3. The summed E-state index contributed by atoms with van der Waals surface area (Å²) in [6, 6.07) is 0. The molecule has 0 aliphatic carbocycles. The normalized spacial score (nSPS) is 24.0. The van der Waals surface area contributed by atoms with E-state index in [0.29, 0.717) is 11.7 Å². The maximum absolute atomic E-state index is 9.94. The third kappa shape index (κ3) is 2.09. The summed E-state index contributed by atoms with van der Waals surface area (Å²) in [6.07, 6.45) is 4.23. The van der Waals surface area contributed by atoms with E-state index in [-0.39, 0.29) is 6.10 Å². The molecule has 1 aliphatic heterocycles. The molecule has 4 nitrogen and oxygen atoms in total. The first-order valence-electron chi connectivity index (χ1n) is 4.90. The maximum Gasteiger partial charge on any atom is 0.138 e. The molecule has 2 rings (SSSR count). The summed E-state index contributed by atoms with van der Waals surface area (Å²) >= 11 is 1.87. The Hall–Kier alpha value is -0.550. The van der Waals surface area contributed by atoms with Crippen LogP contribution in [0.5, 0.6) is 0 Å². The lowest BCUT2D eigenvalue weighted by Crippen LogP contribution is -2.24. The number of rotatable bonds is 3. The van der Waals surface area contributed by atoms with Crippen molar-refractivity contribution in [1.29, 1.82) is 0 Å². The molecule has 0 saturated carbocycles. The van der Waals surface area contributed by atoms with Crippen LogP contribution in [0.4, 0.5) is 0 Å². The first kappa shape index (κ1) is 9.98. The van der Waals surface area contributed by atoms with Gasteiger partial charge in [-0.15, -0.1) is 0 Å². The summed E-state index contributed by atoms with van der Waals surface area (Å²) in [5.41, 5.74) is 0. The van der Waals surface area contributed by atoms with Gasteiger partial charge in [-0.2, -0.15) is 16.9 Å². The standard InChI is InChI=1S/C9H15N3OS/c1-12-9(10-6-11-12)5-7(13)8-3-2-4-14-8/h6-8,13H,2-5H2,1H3. The van der Waals surface area contributed by atoms with Gasteiger partial charge in [-0.3, -0.25) is 4.68 Å². The molecule has 2 heterocycles. The highest BCUT2D eigenvalue weighted by Crippen LogP contribution is 2.29. The Balaban J connectivity index is 1.93. The maximum atomic E-state index is 9.94. The van der Waals surface area contributed by atoms with Crippen LogP contribution in [0.1, 0.15) is 18.7 Å². The van der Waals surface area contributed by atoms with E-state index in [0.717, 1.165) is 12.2 Å². The van der Waals surface area contributed by atoms with E-state index in [1.54, 1.807) is 4.68 Å². The lowest BCUT2D eigenvalue weighted by molar-refractivity contribution is 0.166. The summed E-state index contributed by atoms with van der Waals surface area (Å²) in [7, 11) is 1.86.